The van der Waals surface area contributed by atoms with Crippen molar-refractivity contribution in [3.8, 4) is 0 Å². The van der Waals surface area contributed by atoms with E-state index in [9.17, 15) is 0 Å². The minimum Gasteiger partial charge on any atom is -0.376 e. The quantitative estimate of drug-likeness (QED) is 0.808. The van der Waals surface area contributed by atoms with Gasteiger partial charge in [-0.2, -0.15) is 0 Å². The molecule has 0 saturated heterocycles. The summed E-state index contributed by atoms with van der Waals surface area (Å²) in [7, 11) is 2.00. The number of nitrogens with one attached hydrogen (secondary N) is 1. The third-order valence-electron chi connectivity index (χ3n) is 4.41. The average molecular weight is 275 g/mol. The minimum absolute atomic E-state index is 0.567. The van der Waals surface area contributed by atoms with Gasteiger partial charge in [0.25, 0.3) is 0 Å². The van der Waals surface area contributed by atoms with Crippen molar-refractivity contribution in [2.45, 2.75) is 51.6 Å². The predicted octanol–water partition coefficient (Wildman–Crippen LogP) is 4.11. The number of rotatable bonds is 7. The first-order valence-electron chi connectivity index (χ1n) is 8.10. The predicted molar refractivity (Wildman–Crippen MR) is 85.0 cm³/mol. The van der Waals surface area contributed by atoms with Gasteiger partial charge in [0.2, 0.25) is 0 Å². The lowest BCUT2D eigenvalue weighted by Crippen LogP contribution is -2.14. The van der Waals surface area contributed by atoms with E-state index in [1.807, 2.05) is 7.05 Å². The standard InChI is InChI=1S/C18H29NO/c1-15(12-19-2)18-10-8-17(9-11-18)14-20-13-16-6-4-3-5-7-16/h8-11,15-16,19H,3-7,12-14H2,1-2H3. The van der Waals surface area contributed by atoms with Crippen molar-refractivity contribution >= 4 is 0 Å². The first-order chi connectivity index (χ1) is 9.79. The van der Waals surface area contributed by atoms with Crippen LogP contribution in [0.4, 0.5) is 0 Å². The fraction of sp³-hybridized carbons (Fsp3) is 0.667. The van der Waals surface area contributed by atoms with Gasteiger partial charge in [0, 0.05) is 13.2 Å². The van der Waals surface area contributed by atoms with E-state index >= 15 is 0 Å². The highest BCUT2D eigenvalue weighted by Crippen LogP contribution is 2.24. The van der Waals surface area contributed by atoms with Crippen molar-refractivity contribution in [2.75, 3.05) is 20.2 Å². The van der Waals surface area contributed by atoms with Crippen molar-refractivity contribution in [3.05, 3.63) is 35.4 Å². The molecule has 0 bridgehead atoms. The zero-order valence-corrected chi connectivity index (χ0v) is 13.0. The smallest absolute Gasteiger partial charge is 0.0717 e. The Bertz CT molecular complexity index is 368. The second kappa shape index (κ2) is 8.43. The lowest BCUT2D eigenvalue weighted by molar-refractivity contribution is 0.0739. The Morgan fingerprint density at radius 2 is 1.85 bits per heavy atom. The van der Waals surface area contributed by atoms with Crippen LogP contribution in [0.3, 0.4) is 0 Å². The van der Waals surface area contributed by atoms with Gasteiger partial charge in [0.15, 0.2) is 0 Å². The third-order valence-corrected chi connectivity index (χ3v) is 4.41. The summed E-state index contributed by atoms with van der Waals surface area (Å²) in [5, 5.41) is 3.23. The highest BCUT2D eigenvalue weighted by Gasteiger charge is 2.13. The van der Waals surface area contributed by atoms with Crippen molar-refractivity contribution < 1.29 is 4.74 Å². The first kappa shape index (κ1) is 15.5. The van der Waals surface area contributed by atoms with Crippen LogP contribution in [0.2, 0.25) is 0 Å². The zero-order valence-electron chi connectivity index (χ0n) is 13.0. The van der Waals surface area contributed by atoms with E-state index in [2.05, 4.69) is 36.5 Å². The molecule has 1 aliphatic carbocycles. The van der Waals surface area contributed by atoms with Crippen molar-refractivity contribution in [1.29, 1.82) is 0 Å². The number of ether oxygens (including phenoxy) is 1. The van der Waals surface area contributed by atoms with Gasteiger partial charge in [-0.05, 0) is 42.9 Å². The highest BCUT2D eigenvalue weighted by atomic mass is 16.5. The fourth-order valence-electron chi connectivity index (χ4n) is 3.06. The Labute approximate surface area is 123 Å². The molecule has 0 amide bonds. The summed E-state index contributed by atoms with van der Waals surface area (Å²) in [6.07, 6.45) is 6.93. The van der Waals surface area contributed by atoms with Gasteiger partial charge in [0.1, 0.15) is 0 Å². The van der Waals surface area contributed by atoms with E-state index in [0.29, 0.717) is 5.92 Å². The molecule has 1 fully saturated rings. The molecule has 0 heterocycles. The summed E-state index contributed by atoms with van der Waals surface area (Å²) < 4.78 is 5.89. The van der Waals surface area contributed by atoms with Crippen LogP contribution in [-0.4, -0.2) is 20.2 Å². The topological polar surface area (TPSA) is 21.3 Å². The molecule has 2 heteroatoms. The Kier molecular flexibility index (Phi) is 6.55. The maximum atomic E-state index is 5.89. The number of benzene rings is 1. The summed E-state index contributed by atoms with van der Waals surface area (Å²) >= 11 is 0. The van der Waals surface area contributed by atoms with Crippen LogP contribution >= 0.6 is 0 Å². The monoisotopic (exact) mass is 275 g/mol. The van der Waals surface area contributed by atoms with Crippen LogP contribution in [0, 0.1) is 5.92 Å². The van der Waals surface area contributed by atoms with Crippen molar-refractivity contribution in [2.24, 2.45) is 5.92 Å². The summed E-state index contributed by atoms with van der Waals surface area (Å²) in [6.45, 7) is 4.98. The molecule has 112 valence electrons. The summed E-state index contributed by atoms with van der Waals surface area (Å²) in [5.41, 5.74) is 2.69. The lowest BCUT2D eigenvalue weighted by atomic mass is 9.90. The van der Waals surface area contributed by atoms with E-state index < -0.39 is 0 Å². The molecule has 0 spiro atoms. The normalized spacial score (nSPS) is 18.1. The maximum absolute atomic E-state index is 5.89. The molecular weight excluding hydrogens is 246 g/mol. The van der Waals surface area contributed by atoms with Crippen LogP contribution < -0.4 is 5.32 Å². The van der Waals surface area contributed by atoms with E-state index in [-0.39, 0.29) is 0 Å². The van der Waals surface area contributed by atoms with Crippen LogP contribution in [0.1, 0.15) is 56.1 Å². The molecule has 0 aromatic heterocycles. The maximum Gasteiger partial charge on any atom is 0.0717 e. The average Bonchev–Trinajstić information content (AvgIpc) is 2.49. The van der Waals surface area contributed by atoms with Gasteiger partial charge < -0.3 is 10.1 Å². The molecular formula is C18H29NO. The number of likely N-dealkylation sites (N-methyl/N-ethyl adjacent to an activating group) is 1. The Hall–Kier alpha value is -0.860. The molecule has 1 unspecified atom stereocenters. The highest BCUT2D eigenvalue weighted by molar-refractivity contribution is 5.24. The third kappa shape index (κ3) is 4.92. The molecule has 1 aromatic carbocycles. The second-order valence-electron chi connectivity index (χ2n) is 6.22. The molecule has 20 heavy (non-hydrogen) atoms. The largest absolute Gasteiger partial charge is 0.376 e. The van der Waals surface area contributed by atoms with Gasteiger partial charge in [-0.3, -0.25) is 0 Å². The molecule has 1 aliphatic rings. The van der Waals surface area contributed by atoms with E-state index in [0.717, 1.165) is 25.7 Å². The molecule has 0 radical (unpaired) electrons. The fourth-order valence-corrected chi connectivity index (χ4v) is 3.06. The van der Waals surface area contributed by atoms with Crippen LogP contribution in [-0.2, 0) is 11.3 Å². The summed E-state index contributed by atoms with van der Waals surface area (Å²) in [6, 6.07) is 8.90. The number of hydrogen-bond donors (Lipinski definition) is 1. The molecule has 2 rings (SSSR count). The van der Waals surface area contributed by atoms with Crippen molar-refractivity contribution in [1.82, 2.24) is 5.32 Å². The van der Waals surface area contributed by atoms with Gasteiger partial charge in [0.05, 0.1) is 6.61 Å². The van der Waals surface area contributed by atoms with Crippen molar-refractivity contribution in [3.63, 3.8) is 0 Å². The molecule has 1 N–H and O–H groups in total. The van der Waals surface area contributed by atoms with Crippen LogP contribution in [0.5, 0.6) is 0 Å². The number of hydrogen-bond acceptors (Lipinski definition) is 2. The lowest BCUT2D eigenvalue weighted by Gasteiger charge is -2.21. The van der Waals surface area contributed by atoms with Gasteiger partial charge in [-0.15, -0.1) is 0 Å². The molecule has 1 atom stereocenters. The second-order valence-corrected chi connectivity index (χ2v) is 6.22. The molecule has 1 saturated carbocycles. The SMILES string of the molecule is CNCC(C)c1ccc(COCC2CCCCC2)cc1. The Morgan fingerprint density at radius 3 is 2.50 bits per heavy atom. The van der Waals surface area contributed by atoms with E-state index in [4.69, 9.17) is 4.74 Å². The van der Waals surface area contributed by atoms with E-state index in [1.165, 1.54) is 43.2 Å². The summed E-state index contributed by atoms with van der Waals surface area (Å²) in [5.74, 6) is 1.37. The molecule has 0 aliphatic heterocycles. The summed E-state index contributed by atoms with van der Waals surface area (Å²) in [4.78, 5) is 0. The first-order valence-corrected chi connectivity index (χ1v) is 8.10. The zero-order chi connectivity index (χ0) is 14.2. The van der Waals surface area contributed by atoms with Gasteiger partial charge in [-0.25, -0.2) is 0 Å². The Morgan fingerprint density at radius 1 is 1.15 bits per heavy atom. The Balaban J connectivity index is 1.73. The molecule has 1 aromatic rings. The molecule has 2 nitrogen and oxygen atoms in total. The van der Waals surface area contributed by atoms with E-state index in [1.54, 1.807) is 0 Å². The van der Waals surface area contributed by atoms with Crippen LogP contribution in [0.25, 0.3) is 0 Å². The van der Waals surface area contributed by atoms with Gasteiger partial charge >= 0.3 is 0 Å². The van der Waals surface area contributed by atoms with Gasteiger partial charge in [-0.1, -0.05) is 50.5 Å². The van der Waals surface area contributed by atoms with Crippen LogP contribution in [0.15, 0.2) is 24.3 Å². The minimum atomic E-state index is 0.567.